The van der Waals surface area contributed by atoms with Crippen LogP contribution in [0.3, 0.4) is 0 Å². The molecule has 1 saturated heterocycles. The molecule has 1 aromatic heterocycles. The Morgan fingerprint density at radius 2 is 2.16 bits per heavy atom. The maximum atomic E-state index is 14.3. The highest BCUT2D eigenvalue weighted by Gasteiger charge is 2.36. The summed E-state index contributed by atoms with van der Waals surface area (Å²) in [7, 11) is 0. The van der Waals surface area contributed by atoms with Gasteiger partial charge >= 0.3 is 0 Å². The van der Waals surface area contributed by atoms with E-state index in [0.29, 0.717) is 25.6 Å². The number of fused-ring (bicyclic) bond motifs is 1. The van der Waals surface area contributed by atoms with Crippen molar-refractivity contribution in [2.75, 3.05) is 13.2 Å². The number of alkyl halides is 1. The molecule has 0 radical (unpaired) electrons. The lowest BCUT2D eigenvalue weighted by Gasteiger charge is -2.20. The lowest BCUT2D eigenvalue weighted by Crippen LogP contribution is -2.19. The van der Waals surface area contributed by atoms with Gasteiger partial charge in [0.15, 0.2) is 12.0 Å². The molecule has 6 heteroatoms. The summed E-state index contributed by atoms with van der Waals surface area (Å²) in [5, 5.41) is 4.31. The van der Waals surface area contributed by atoms with E-state index in [-0.39, 0.29) is 29.9 Å². The lowest BCUT2D eigenvalue weighted by molar-refractivity contribution is 0.0598. The Balaban J connectivity index is 1.73. The molecule has 1 fully saturated rings. The van der Waals surface area contributed by atoms with Gasteiger partial charge in [-0.15, -0.1) is 5.10 Å². The van der Waals surface area contributed by atoms with Gasteiger partial charge in [0.1, 0.15) is 0 Å². The molecule has 3 rings (SSSR count). The molecule has 0 aliphatic carbocycles. The van der Waals surface area contributed by atoms with Crippen LogP contribution in [-0.4, -0.2) is 33.8 Å². The van der Waals surface area contributed by atoms with Gasteiger partial charge in [-0.2, -0.15) is 0 Å². The Hall–Kier alpha value is -2.08. The lowest BCUT2D eigenvalue weighted by atomic mass is 9.94. The monoisotopic (exact) mass is 345 g/mol. The maximum absolute atomic E-state index is 14.3. The molecule has 0 unspecified atom stereocenters. The average molecular weight is 345 g/mol. The first kappa shape index (κ1) is 17.7. The summed E-state index contributed by atoms with van der Waals surface area (Å²) in [5.41, 5.74) is 0.757. The van der Waals surface area contributed by atoms with E-state index in [2.05, 4.69) is 16.7 Å². The second-order valence-electron chi connectivity index (χ2n) is 6.60. The minimum Gasteiger partial charge on any atom is -0.381 e. The van der Waals surface area contributed by atoms with Crippen LogP contribution in [0, 0.1) is 5.92 Å². The van der Waals surface area contributed by atoms with E-state index in [1.807, 2.05) is 31.2 Å². The van der Waals surface area contributed by atoms with Crippen molar-refractivity contribution in [3.63, 3.8) is 0 Å². The van der Waals surface area contributed by atoms with Crippen molar-refractivity contribution in [2.24, 2.45) is 5.92 Å². The van der Waals surface area contributed by atoms with Gasteiger partial charge in [-0.25, -0.2) is 14.1 Å². The van der Waals surface area contributed by atoms with Crippen molar-refractivity contribution in [1.82, 2.24) is 14.8 Å². The number of hydrogen-bond donors (Lipinski definition) is 0. The summed E-state index contributed by atoms with van der Waals surface area (Å²) in [5.74, 6) is 0.546. The summed E-state index contributed by atoms with van der Waals surface area (Å²) in [6.07, 6.45) is 8.70. The number of halogens is 1. The topological polar surface area (TPSA) is 57.0 Å². The van der Waals surface area contributed by atoms with Crippen LogP contribution in [0.5, 0.6) is 0 Å². The fraction of sp³-hybridized carbons (Fsp3) is 0.526. The number of aromatic nitrogens is 3. The van der Waals surface area contributed by atoms with Gasteiger partial charge in [0.05, 0.1) is 6.04 Å². The predicted molar refractivity (Wildman–Crippen MR) is 93.1 cm³/mol. The molecular formula is C19H24FN3O2. The van der Waals surface area contributed by atoms with Crippen molar-refractivity contribution in [3.8, 4) is 0 Å². The number of nitrogens with zero attached hydrogens (tertiary/aromatic N) is 3. The zero-order valence-electron chi connectivity index (χ0n) is 14.5. The van der Waals surface area contributed by atoms with E-state index < -0.39 is 6.17 Å². The third-order valence-electron chi connectivity index (χ3n) is 4.77. The maximum Gasteiger partial charge on any atom is 0.217 e. The SMILES string of the molecule is C=C(/C=C\C=C/C)[C@@H]1C[C@H](F)c2nc(C(=O)CC3CCOCC3)nn21. The van der Waals surface area contributed by atoms with Crippen LogP contribution in [0.25, 0.3) is 0 Å². The Bertz CT molecular complexity index is 702. The molecule has 0 aromatic carbocycles. The van der Waals surface area contributed by atoms with Crippen LogP contribution in [0.15, 0.2) is 36.5 Å². The van der Waals surface area contributed by atoms with Gasteiger partial charge in [-0.3, -0.25) is 4.79 Å². The standard InChI is InChI=1S/C19H24FN3O2/c1-3-4-5-6-13(2)16-12-15(20)19-21-18(22-23(16)19)17(24)11-14-7-9-25-10-8-14/h3-6,14-16H,2,7-12H2,1H3/b4-3-,6-5-/t15-,16-/m0/s1. The van der Waals surface area contributed by atoms with E-state index in [1.54, 1.807) is 0 Å². The number of hydrogen-bond acceptors (Lipinski definition) is 4. The number of allylic oxidation sites excluding steroid dienone is 5. The molecule has 134 valence electrons. The van der Waals surface area contributed by atoms with Crippen molar-refractivity contribution >= 4 is 5.78 Å². The zero-order valence-corrected chi connectivity index (χ0v) is 14.5. The van der Waals surface area contributed by atoms with Gasteiger partial charge < -0.3 is 4.74 Å². The Morgan fingerprint density at radius 1 is 1.40 bits per heavy atom. The fourth-order valence-electron chi connectivity index (χ4n) is 3.31. The van der Waals surface area contributed by atoms with Gasteiger partial charge in [0, 0.05) is 26.1 Å². The number of rotatable bonds is 6. The van der Waals surface area contributed by atoms with Crippen molar-refractivity contribution in [2.45, 2.75) is 44.8 Å². The van der Waals surface area contributed by atoms with Crippen molar-refractivity contribution in [3.05, 3.63) is 48.1 Å². The summed E-state index contributed by atoms with van der Waals surface area (Å²) in [4.78, 5) is 16.6. The number of Topliss-reactive ketones (excluding diaryl/α,β-unsaturated/α-hetero) is 1. The summed E-state index contributed by atoms with van der Waals surface area (Å²) in [6.45, 7) is 7.32. The van der Waals surface area contributed by atoms with Crippen LogP contribution < -0.4 is 0 Å². The largest absolute Gasteiger partial charge is 0.381 e. The Morgan fingerprint density at radius 3 is 2.88 bits per heavy atom. The van der Waals surface area contributed by atoms with Crippen LogP contribution in [0.2, 0.25) is 0 Å². The quantitative estimate of drug-likeness (QED) is 0.579. The molecule has 2 aliphatic rings. The molecule has 5 nitrogen and oxygen atoms in total. The molecule has 0 saturated carbocycles. The summed E-state index contributed by atoms with van der Waals surface area (Å²) >= 11 is 0. The first-order valence-corrected chi connectivity index (χ1v) is 8.79. The zero-order chi connectivity index (χ0) is 17.8. The number of carbonyl (C=O) groups excluding carboxylic acids is 1. The van der Waals surface area contributed by atoms with Crippen LogP contribution in [-0.2, 0) is 4.74 Å². The van der Waals surface area contributed by atoms with Crippen LogP contribution in [0.4, 0.5) is 4.39 Å². The minimum absolute atomic E-state index is 0.116. The van der Waals surface area contributed by atoms with Gasteiger partial charge in [-0.05, 0) is 31.3 Å². The third kappa shape index (κ3) is 3.95. The molecular weight excluding hydrogens is 321 g/mol. The highest BCUT2D eigenvalue weighted by Crippen LogP contribution is 2.39. The fourth-order valence-corrected chi connectivity index (χ4v) is 3.31. The highest BCUT2D eigenvalue weighted by molar-refractivity contribution is 5.92. The minimum atomic E-state index is -1.21. The average Bonchev–Trinajstić information content (AvgIpc) is 3.17. The van der Waals surface area contributed by atoms with E-state index in [9.17, 15) is 9.18 Å². The van der Waals surface area contributed by atoms with Crippen LogP contribution >= 0.6 is 0 Å². The second kappa shape index (κ2) is 7.87. The van der Waals surface area contributed by atoms with Gasteiger partial charge in [0.2, 0.25) is 11.6 Å². The second-order valence-corrected chi connectivity index (χ2v) is 6.60. The van der Waals surface area contributed by atoms with E-state index in [0.717, 1.165) is 18.4 Å². The first-order chi connectivity index (χ1) is 12.1. The molecule has 1 aromatic rings. The first-order valence-electron chi connectivity index (χ1n) is 8.79. The van der Waals surface area contributed by atoms with E-state index in [1.165, 1.54) is 4.68 Å². The molecule has 3 heterocycles. The Kier molecular flexibility index (Phi) is 5.58. The molecule has 0 amide bonds. The van der Waals surface area contributed by atoms with Gasteiger partial charge in [-0.1, -0.05) is 30.9 Å². The summed E-state index contributed by atoms with van der Waals surface area (Å²) in [6, 6.07) is -0.288. The van der Waals surface area contributed by atoms with Crippen LogP contribution in [0.1, 0.15) is 61.3 Å². The predicted octanol–water partition coefficient (Wildman–Crippen LogP) is 3.92. The van der Waals surface area contributed by atoms with Crippen molar-refractivity contribution in [1.29, 1.82) is 0 Å². The normalized spacial score (nSPS) is 24.2. The molecule has 2 aliphatic heterocycles. The number of carbonyl (C=O) groups is 1. The summed E-state index contributed by atoms with van der Waals surface area (Å²) < 4.78 is 21.2. The molecule has 25 heavy (non-hydrogen) atoms. The van der Waals surface area contributed by atoms with E-state index in [4.69, 9.17) is 4.74 Å². The molecule has 0 N–H and O–H groups in total. The van der Waals surface area contributed by atoms with E-state index >= 15 is 0 Å². The smallest absolute Gasteiger partial charge is 0.217 e. The highest BCUT2D eigenvalue weighted by atomic mass is 19.1. The Labute approximate surface area is 147 Å². The van der Waals surface area contributed by atoms with Gasteiger partial charge in [0.25, 0.3) is 0 Å². The number of ether oxygens (including phenoxy) is 1. The molecule has 0 bridgehead atoms. The van der Waals surface area contributed by atoms with Crippen molar-refractivity contribution < 1.29 is 13.9 Å². The number of ketones is 1. The molecule has 0 spiro atoms. The third-order valence-corrected chi connectivity index (χ3v) is 4.77. The molecule has 2 atom stereocenters.